The summed E-state index contributed by atoms with van der Waals surface area (Å²) in [5.74, 6) is -0.234. The lowest BCUT2D eigenvalue weighted by Gasteiger charge is -2.09. The molecule has 0 amide bonds. The van der Waals surface area contributed by atoms with Crippen LogP contribution in [0.4, 0.5) is 4.39 Å². The SMILES string of the molecule is CC(N)Cc1ccc(Sc2ccc(F)cc2)c(Cl)c1. The first-order valence-electron chi connectivity index (χ1n) is 6.02. The van der Waals surface area contributed by atoms with E-state index in [0.29, 0.717) is 5.02 Å². The minimum atomic E-state index is -0.234. The summed E-state index contributed by atoms with van der Waals surface area (Å²) in [4.78, 5) is 1.92. The Kier molecular flexibility index (Phi) is 4.86. The highest BCUT2D eigenvalue weighted by Crippen LogP contribution is 2.33. The van der Waals surface area contributed by atoms with Gasteiger partial charge in [-0.3, -0.25) is 0 Å². The van der Waals surface area contributed by atoms with E-state index in [1.54, 1.807) is 12.1 Å². The molecule has 100 valence electrons. The molecule has 4 heteroatoms. The Morgan fingerprint density at radius 1 is 1.21 bits per heavy atom. The van der Waals surface area contributed by atoms with Crippen LogP contribution in [0.15, 0.2) is 52.3 Å². The molecule has 0 radical (unpaired) electrons. The second kappa shape index (κ2) is 6.42. The van der Waals surface area contributed by atoms with Crippen LogP contribution in [0.3, 0.4) is 0 Å². The van der Waals surface area contributed by atoms with Crippen LogP contribution in [0.1, 0.15) is 12.5 Å². The lowest BCUT2D eigenvalue weighted by molar-refractivity contribution is 0.626. The fourth-order valence-corrected chi connectivity index (χ4v) is 2.89. The summed E-state index contributed by atoms with van der Waals surface area (Å²) < 4.78 is 12.8. The third-order valence-corrected chi connectivity index (χ3v) is 4.10. The van der Waals surface area contributed by atoms with Gasteiger partial charge in [0.1, 0.15) is 5.82 Å². The smallest absolute Gasteiger partial charge is 0.123 e. The quantitative estimate of drug-likeness (QED) is 0.897. The zero-order valence-corrected chi connectivity index (χ0v) is 12.1. The molecule has 0 saturated heterocycles. The predicted octanol–water partition coefficient (Wildman–Crippen LogP) is 4.52. The fraction of sp³-hybridized carbons (Fsp3) is 0.200. The van der Waals surface area contributed by atoms with E-state index in [4.69, 9.17) is 17.3 Å². The molecular formula is C15H15ClFNS. The third kappa shape index (κ3) is 4.23. The molecule has 0 aliphatic carbocycles. The lowest BCUT2D eigenvalue weighted by Crippen LogP contribution is -2.17. The zero-order chi connectivity index (χ0) is 13.8. The van der Waals surface area contributed by atoms with Crippen LogP contribution in [0.2, 0.25) is 5.02 Å². The van der Waals surface area contributed by atoms with Crippen molar-refractivity contribution in [2.24, 2.45) is 5.73 Å². The number of halogens is 2. The van der Waals surface area contributed by atoms with Crippen LogP contribution in [-0.4, -0.2) is 6.04 Å². The highest BCUT2D eigenvalue weighted by molar-refractivity contribution is 7.99. The lowest BCUT2D eigenvalue weighted by atomic mass is 10.1. The average molecular weight is 296 g/mol. The molecular weight excluding hydrogens is 281 g/mol. The third-order valence-electron chi connectivity index (χ3n) is 2.60. The van der Waals surface area contributed by atoms with Crippen molar-refractivity contribution in [2.75, 3.05) is 0 Å². The van der Waals surface area contributed by atoms with Gasteiger partial charge in [0.15, 0.2) is 0 Å². The highest BCUT2D eigenvalue weighted by atomic mass is 35.5. The van der Waals surface area contributed by atoms with Crippen LogP contribution in [0.5, 0.6) is 0 Å². The van der Waals surface area contributed by atoms with Crippen molar-refractivity contribution in [3.63, 3.8) is 0 Å². The minimum Gasteiger partial charge on any atom is -0.328 e. The number of benzene rings is 2. The molecule has 0 bridgehead atoms. The van der Waals surface area contributed by atoms with Crippen molar-refractivity contribution >= 4 is 23.4 Å². The Balaban J connectivity index is 2.15. The second-order valence-corrected chi connectivity index (χ2v) is 6.02. The van der Waals surface area contributed by atoms with E-state index in [-0.39, 0.29) is 11.9 Å². The molecule has 19 heavy (non-hydrogen) atoms. The van der Waals surface area contributed by atoms with E-state index < -0.39 is 0 Å². The van der Waals surface area contributed by atoms with Gasteiger partial charge in [-0.05, 0) is 55.3 Å². The van der Waals surface area contributed by atoms with Gasteiger partial charge in [-0.1, -0.05) is 29.4 Å². The summed E-state index contributed by atoms with van der Waals surface area (Å²) in [7, 11) is 0. The predicted molar refractivity (Wildman–Crippen MR) is 79.3 cm³/mol. The minimum absolute atomic E-state index is 0.117. The van der Waals surface area contributed by atoms with Gasteiger partial charge in [-0.15, -0.1) is 0 Å². The van der Waals surface area contributed by atoms with Gasteiger partial charge in [-0.2, -0.15) is 0 Å². The molecule has 1 atom stereocenters. The van der Waals surface area contributed by atoms with Crippen molar-refractivity contribution < 1.29 is 4.39 Å². The van der Waals surface area contributed by atoms with Crippen LogP contribution >= 0.6 is 23.4 Å². The van der Waals surface area contributed by atoms with Crippen molar-refractivity contribution in [1.82, 2.24) is 0 Å². The summed E-state index contributed by atoms with van der Waals surface area (Å²) in [6.45, 7) is 1.97. The molecule has 0 aromatic heterocycles. The molecule has 2 N–H and O–H groups in total. The first-order valence-corrected chi connectivity index (χ1v) is 7.21. The van der Waals surface area contributed by atoms with Crippen molar-refractivity contribution in [1.29, 1.82) is 0 Å². The number of nitrogens with two attached hydrogens (primary N) is 1. The molecule has 0 heterocycles. The van der Waals surface area contributed by atoms with Gasteiger partial charge in [0.25, 0.3) is 0 Å². The maximum atomic E-state index is 12.8. The van der Waals surface area contributed by atoms with Gasteiger partial charge in [-0.25, -0.2) is 4.39 Å². The Hall–Kier alpha value is -1.03. The van der Waals surface area contributed by atoms with Gasteiger partial charge < -0.3 is 5.73 Å². The van der Waals surface area contributed by atoms with Crippen molar-refractivity contribution in [3.8, 4) is 0 Å². The summed E-state index contributed by atoms with van der Waals surface area (Å²) in [5.41, 5.74) is 6.89. The topological polar surface area (TPSA) is 26.0 Å². The van der Waals surface area contributed by atoms with Crippen LogP contribution in [-0.2, 0) is 6.42 Å². The number of hydrogen-bond donors (Lipinski definition) is 1. The van der Waals surface area contributed by atoms with Gasteiger partial charge >= 0.3 is 0 Å². The molecule has 2 rings (SSSR count). The normalized spacial score (nSPS) is 12.4. The van der Waals surface area contributed by atoms with E-state index >= 15 is 0 Å². The summed E-state index contributed by atoms with van der Waals surface area (Å²) in [6.07, 6.45) is 0.807. The number of hydrogen-bond acceptors (Lipinski definition) is 2. The van der Waals surface area contributed by atoms with Crippen LogP contribution < -0.4 is 5.73 Å². The maximum absolute atomic E-state index is 12.8. The molecule has 1 nitrogen and oxygen atoms in total. The molecule has 0 saturated carbocycles. The van der Waals surface area contributed by atoms with Crippen molar-refractivity contribution in [3.05, 3.63) is 58.9 Å². The Morgan fingerprint density at radius 2 is 1.89 bits per heavy atom. The highest BCUT2D eigenvalue weighted by Gasteiger charge is 2.06. The maximum Gasteiger partial charge on any atom is 0.123 e. The van der Waals surface area contributed by atoms with Crippen LogP contribution in [0.25, 0.3) is 0 Å². The average Bonchev–Trinajstić information content (AvgIpc) is 2.34. The summed E-state index contributed by atoms with van der Waals surface area (Å²) in [6, 6.07) is 12.4. The Morgan fingerprint density at radius 3 is 2.47 bits per heavy atom. The summed E-state index contributed by atoms with van der Waals surface area (Å²) in [5, 5.41) is 0.701. The molecule has 0 fully saturated rings. The molecule has 2 aromatic rings. The fourth-order valence-electron chi connectivity index (χ4n) is 1.76. The van der Waals surface area contributed by atoms with Crippen LogP contribution in [0, 0.1) is 5.82 Å². The van der Waals surface area contributed by atoms with Gasteiger partial charge in [0, 0.05) is 15.8 Å². The monoisotopic (exact) mass is 295 g/mol. The summed E-state index contributed by atoms with van der Waals surface area (Å²) >= 11 is 7.78. The van der Waals surface area contributed by atoms with E-state index in [2.05, 4.69) is 0 Å². The molecule has 0 aliphatic rings. The molecule has 0 aliphatic heterocycles. The first-order chi connectivity index (χ1) is 9.04. The van der Waals surface area contributed by atoms with E-state index in [1.807, 2.05) is 25.1 Å². The Bertz CT molecular complexity index is 555. The second-order valence-electron chi connectivity index (χ2n) is 4.50. The Labute approximate surface area is 122 Å². The van der Waals surface area contributed by atoms with E-state index in [9.17, 15) is 4.39 Å². The van der Waals surface area contributed by atoms with Gasteiger partial charge in [0.05, 0.1) is 5.02 Å². The largest absolute Gasteiger partial charge is 0.328 e. The van der Waals surface area contributed by atoms with Gasteiger partial charge in [0.2, 0.25) is 0 Å². The molecule has 0 spiro atoms. The molecule has 1 unspecified atom stereocenters. The first kappa shape index (κ1) is 14.4. The van der Waals surface area contributed by atoms with E-state index in [1.165, 1.54) is 23.9 Å². The molecule has 2 aromatic carbocycles. The van der Waals surface area contributed by atoms with E-state index in [0.717, 1.165) is 21.8 Å². The standard InChI is InChI=1S/C15H15ClFNS/c1-10(18)8-11-2-7-15(14(16)9-11)19-13-5-3-12(17)4-6-13/h2-7,9-10H,8,18H2,1H3. The van der Waals surface area contributed by atoms with Crippen molar-refractivity contribution in [2.45, 2.75) is 29.2 Å². The zero-order valence-electron chi connectivity index (χ0n) is 10.6. The number of rotatable bonds is 4.